The molecule has 1 aromatic heterocycles. The van der Waals surface area contributed by atoms with Crippen LogP contribution in [0, 0.1) is 4.77 Å². The third kappa shape index (κ3) is 4.28. The monoisotopic (exact) mass is 401 g/mol. The van der Waals surface area contributed by atoms with Crippen molar-refractivity contribution in [1.82, 2.24) is 24.1 Å². The maximum atomic E-state index is 11.9. The molecule has 7 nitrogen and oxygen atoms in total. The predicted molar refractivity (Wildman–Crippen MR) is 109 cm³/mol. The van der Waals surface area contributed by atoms with Gasteiger partial charge in [-0.15, -0.1) is 0 Å². The zero-order chi connectivity index (χ0) is 19.5. The van der Waals surface area contributed by atoms with E-state index in [1.807, 2.05) is 17.7 Å². The largest absolute Gasteiger partial charge is 0.450 e. The summed E-state index contributed by atoms with van der Waals surface area (Å²) in [5.74, 6) is 1.64. The van der Waals surface area contributed by atoms with Gasteiger partial charge in [-0.3, -0.25) is 9.47 Å². The number of hydrogen-bond donors (Lipinski definition) is 0. The molecular formula is C20H27N5O2S. The van der Waals surface area contributed by atoms with Crippen LogP contribution in [-0.2, 0) is 18.0 Å². The van der Waals surface area contributed by atoms with Crippen molar-refractivity contribution in [1.29, 1.82) is 0 Å². The summed E-state index contributed by atoms with van der Waals surface area (Å²) in [6, 6.07) is 10.4. The van der Waals surface area contributed by atoms with Crippen LogP contribution in [0.2, 0.25) is 0 Å². The number of rotatable bonds is 6. The van der Waals surface area contributed by atoms with E-state index in [2.05, 4.69) is 33.7 Å². The van der Waals surface area contributed by atoms with Crippen molar-refractivity contribution >= 4 is 18.3 Å². The predicted octanol–water partition coefficient (Wildman–Crippen LogP) is 3.07. The standard InChI is InChI=1S/C20H27N5O2S/c1-2-27-20(26)23-12-10-22(11-13-23)15-25-19(28)24(18(21-25)17-8-9-17)14-16-6-4-3-5-7-16/h3-7,17H,2,8-15H2,1H3. The fourth-order valence-corrected chi connectivity index (χ4v) is 3.84. The van der Waals surface area contributed by atoms with E-state index < -0.39 is 0 Å². The number of piperazine rings is 1. The average Bonchev–Trinajstić information content (AvgIpc) is 3.51. The molecule has 1 aliphatic heterocycles. The van der Waals surface area contributed by atoms with Crippen LogP contribution in [0.15, 0.2) is 30.3 Å². The summed E-state index contributed by atoms with van der Waals surface area (Å²) in [6.45, 7) is 6.61. The fraction of sp³-hybridized carbons (Fsp3) is 0.550. The molecule has 0 spiro atoms. The van der Waals surface area contributed by atoms with Gasteiger partial charge in [-0.05, 0) is 37.5 Å². The number of carbonyl (C=O) groups is 1. The number of aromatic nitrogens is 3. The van der Waals surface area contributed by atoms with Gasteiger partial charge >= 0.3 is 6.09 Å². The van der Waals surface area contributed by atoms with Crippen molar-refractivity contribution in [3.8, 4) is 0 Å². The Bertz CT molecular complexity index is 866. The first-order valence-electron chi connectivity index (χ1n) is 10.0. The van der Waals surface area contributed by atoms with Gasteiger partial charge in [0.05, 0.1) is 19.8 Å². The molecular weight excluding hydrogens is 374 g/mol. The Morgan fingerprint density at radius 3 is 2.54 bits per heavy atom. The molecule has 1 saturated heterocycles. The Labute approximate surface area is 170 Å². The Morgan fingerprint density at radius 1 is 1.18 bits per heavy atom. The van der Waals surface area contributed by atoms with Crippen molar-refractivity contribution in [2.45, 2.75) is 38.9 Å². The molecule has 0 radical (unpaired) electrons. The molecule has 0 N–H and O–H groups in total. The quantitative estimate of drug-likeness (QED) is 0.697. The van der Waals surface area contributed by atoms with Crippen LogP contribution >= 0.6 is 12.2 Å². The highest BCUT2D eigenvalue weighted by atomic mass is 32.1. The van der Waals surface area contributed by atoms with Crippen LogP contribution in [0.4, 0.5) is 4.79 Å². The molecule has 1 amide bonds. The first-order chi connectivity index (χ1) is 13.7. The van der Waals surface area contributed by atoms with Crippen LogP contribution in [-0.4, -0.2) is 63.0 Å². The average molecular weight is 402 g/mol. The molecule has 2 fully saturated rings. The van der Waals surface area contributed by atoms with Gasteiger partial charge in [0.25, 0.3) is 0 Å². The van der Waals surface area contributed by atoms with E-state index in [-0.39, 0.29) is 6.09 Å². The normalized spacial score (nSPS) is 17.7. The third-order valence-electron chi connectivity index (χ3n) is 5.31. The SMILES string of the molecule is CCOC(=O)N1CCN(Cn2nc(C3CC3)n(Cc3ccccc3)c2=S)CC1. The summed E-state index contributed by atoms with van der Waals surface area (Å²) >= 11 is 5.78. The molecule has 1 aliphatic carbocycles. The second-order valence-corrected chi connectivity index (χ2v) is 7.80. The van der Waals surface area contributed by atoms with E-state index >= 15 is 0 Å². The Kier molecular flexibility index (Phi) is 5.77. The summed E-state index contributed by atoms with van der Waals surface area (Å²) in [4.78, 5) is 15.9. The second kappa shape index (κ2) is 8.45. The maximum Gasteiger partial charge on any atom is 0.409 e. The second-order valence-electron chi connectivity index (χ2n) is 7.43. The number of nitrogens with zero attached hydrogens (tertiary/aromatic N) is 5. The molecule has 2 aliphatic rings. The molecule has 150 valence electrons. The van der Waals surface area contributed by atoms with E-state index in [0.717, 1.165) is 30.2 Å². The van der Waals surface area contributed by atoms with Crippen LogP contribution in [0.1, 0.15) is 37.1 Å². The molecule has 1 saturated carbocycles. The topological polar surface area (TPSA) is 55.5 Å². The van der Waals surface area contributed by atoms with Gasteiger partial charge in [-0.25, -0.2) is 9.48 Å². The summed E-state index contributed by atoms with van der Waals surface area (Å²) in [7, 11) is 0. The smallest absolute Gasteiger partial charge is 0.409 e. The van der Waals surface area contributed by atoms with E-state index in [4.69, 9.17) is 22.1 Å². The number of carbonyl (C=O) groups excluding carboxylic acids is 1. The van der Waals surface area contributed by atoms with Crippen molar-refractivity contribution in [2.75, 3.05) is 32.8 Å². The van der Waals surface area contributed by atoms with Crippen LogP contribution in [0.25, 0.3) is 0 Å². The minimum absolute atomic E-state index is 0.220. The maximum absolute atomic E-state index is 11.9. The summed E-state index contributed by atoms with van der Waals surface area (Å²) in [5.41, 5.74) is 1.24. The van der Waals surface area contributed by atoms with Gasteiger partial charge in [0, 0.05) is 32.1 Å². The summed E-state index contributed by atoms with van der Waals surface area (Å²) in [5, 5.41) is 4.87. The van der Waals surface area contributed by atoms with Gasteiger partial charge in [-0.2, -0.15) is 5.10 Å². The lowest BCUT2D eigenvalue weighted by atomic mass is 10.2. The van der Waals surface area contributed by atoms with Gasteiger partial charge in [-0.1, -0.05) is 30.3 Å². The molecule has 2 aromatic rings. The number of ether oxygens (including phenoxy) is 1. The van der Waals surface area contributed by atoms with Crippen LogP contribution in [0.3, 0.4) is 0 Å². The highest BCUT2D eigenvalue weighted by Crippen LogP contribution is 2.39. The number of amides is 1. The lowest BCUT2D eigenvalue weighted by Gasteiger charge is -2.33. The number of hydrogen-bond acceptors (Lipinski definition) is 5. The van der Waals surface area contributed by atoms with Crippen LogP contribution in [0.5, 0.6) is 0 Å². The molecule has 0 unspecified atom stereocenters. The molecule has 2 heterocycles. The Morgan fingerprint density at radius 2 is 1.89 bits per heavy atom. The van der Waals surface area contributed by atoms with E-state index in [9.17, 15) is 4.79 Å². The van der Waals surface area contributed by atoms with E-state index in [1.54, 1.807) is 4.90 Å². The van der Waals surface area contributed by atoms with Crippen molar-refractivity contribution < 1.29 is 9.53 Å². The third-order valence-corrected chi connectivity index (χ3v) is 5.74. The fourth-order valence-electron chi connectivity index (χ4n) is 3.58. The van der Waals surface area contributed by atoms with Crippen molar-refractivity contribution in [3.05, 3.63) is 46.5 Å². The molecule has 28 heavy (non-hydrogen) atoms. The van der Waals surface area contributed by atoms with Gasteiger partial charge < -0.3 is 9.64 Å². The molecule has 8 heteroatoms. The van der Waals surface area contributed by atoms with Gasteiger partial charge in [0.15, 0.2) is 4.77 Å². The first kappa shape index (κ1) is 19.1. The Balaban J connectivity index is 1.45. The minimum atomic E-state index is -0.220. The van der Waals surface area contributed by atoms with Gasteiger partial charge in [0.2, 0.25) is 0 Å². The van der Waals surface area contributed by atoms with Crippen molar-refractivity contribution in [2.24, 2.45) is 0 Å². The zero-order valence-electron chi connectivity index (χ0n) is 16.3. The first-order valence-corrected chi connectivity index (χ1v) is 10.4. The molecule has 0 atom stereocenters. The zero-order valence-corrected chi connectivity index (χ0v) is 17.1. The van der Waals surface area contributed by atoms with Gasteiger partial charge in [0.1, 0.15) is 5.82 Å². The minimum Gasteiger partial charge on any atom is -0.450 e. The highest BCUT2D eigenvalue weighted by Gasteiger charge is 2.30. The van der Waals surface area contributed by atoms with E-state index in [0.29, 0.717) is 32.3 Å². The highest BCUT2D eigenvalue weighted by molar-refractivity contribution is 7.71. The summed E-state index contributed by atoms with van der Waals surface area (Å²) in [6.07, 6.45) is 2.17. The Hall–Kier alpha value is -2.19. The molecule has 4 rings (SSSR count). The lowest BCUT2D eigenvalue weighted by Crippen LogP contribution is -2.49. The summed E-state index contributed by atoms with van der Waals surface area (Å²) < 4.78 is 10.0. The molecule has 1 aromatic carbocycles. The molecule has 0 bridgehead atoms. The lowest BCUT2D eigenvalue weighted by molar-refractivity contribution is 0.0690. The van der Waals surface area contributed by atoms with E-state index in [1.165, 1.54) is 18.4 Å². The van der Waals surface area contributed by atoms with Crippen LogP contribution < -0.4 is 0 Å². The number of benzene rings is 1. The van der Waals surface area contributed by atoms with Crippen molar-refractivity contribution in [3.63, 3.8) is 0 Å².